The van der Waals surface area contributed by atoms with Crippen molar-refractivity contribution in [1.29, 1.82) is 0 Å². The van der Waals surface area contributed by atoms with Gasteiger partial charge in [0.1, 0.15) is 0 Å². The summed E-state index contributed by atoms with van der Waals surface area (Å²) >= 11 is 0. The Kier molecular flexibility index (Phi) is 7.07. The summed E-state index contributed by atoms with van der Waals surface area (Å²) < 4.78 is 11.4. The van der Waals surface area contributed by atoms with E-state index in [1.165, 1.54) is 25.7 Å². The minimum atomic E-state index is -0.314. The lowest BCUT2D eigenvalue weighted by molar-refractivity contribution is -0.126. The van der Waals surface area contributed by atoms with Gasteiger partial charge in [0.2, 0.25) is 0 Å². The largest absolute Gasteiger partial charge is 0.344 e. The van der Waals surface area contributed by atoms with E-state index in [4.69, 9.17) is 9.47 Å². The molecule has 1 heterocycles. The van der Waals surface area contributed by atoms with Crippen LogP contribution in [0.5, 0.6) is 0 Å². The third-order valence-corrected chi connectivity index (χ3v) is 3.45. The van der Waals surface area contributed by atoms with E-state index >= 15 is 0 Å². The second-order valence-electron chi connectivity index (χ2n) is 5.17. The second kappa shape index (κ2) is 9.39. The predicted molar refractivity (Wildman–Crippen MR) is 85.9 cm³/mol. The summed E-state index contributed by atoms with van der Waals surface area (Å²) in [4.78, 5) is 0. The van der Waals surface area contributed by atoms with E-state index in [2.05, 4.69) is 18.8 Å². The average Bonchev–Trinajstić information content (AvgIpc) is 2.80. The Balaban J connectivity index is 1.98. The number of rotatable bonds is 5. The molecule has 0 unspecified atom stereocenters. The Morgan fingerprint density at radius 2 is 1.81 bits per heavy atom. The van der Waals surface area contributed by atoms with Crippen molar-refractivity contribution in [3.63, 3.8) is 0 Å². The molecule has 0 bridgehead atoms. The summed E-state index contributed by atoms with van der Waals surface area (Å²) in [5.74, 6) is 6.56. The molecule has 0 spiro atoms. The normalized spacial score (nSPS) is 15.3. The molecule has 0 N–H and O–H groups in total. The molecular formula is C19H24O2. The van der Waals surface area contributed by atoms with Crippen molar-refractivity contribution in [3.05, 3.63) is 47.5 Å². The molecule has 2 heteroatoms. The maximum Gasteiger partial charge on any atom is 0.185 e. The first-order valence-corrected chi connectivity index (χ1v) is 7.88. The summed E-state index contributed by atoms with van der Waals surface area (Å²) in [5, 5.41) is 0. The Labute approximate surface area is 128 Å². The average molecular weight is 284 g/mol. The van der Waals surface area contributed by atoms with Gasteiger partial charge in [-0.25, -0.2) is 0 Å². The van der Waals surface area contributed by atoms with Crippen LogP contribution in [0.3, 0.4) is 0 Å². The molecule has 0 radical (unpaired) electrons. The van der Waals surface area contributed by atoms with E-state index in [-0.39, 0.29) is 6.29 Å². The zero-order chi connectivity index (χ0) is 14.8. The highest BCUT2D eigenvalue weighted by molar-refractivity contribution is 5.42. The van der Waals surface area contributed by atoms with Crippen LogP contribution in [-0.4, -0.2) is 13.2 Å². The summed E-state index contributed by atoms with van der Waals surface area (Å²) in [6, 6.07) is 8.10. The number of hydrogen-bond donors (Lipinski definition) is 0. The fraction of sp³-hybridized carbons (Fsp3) is 0.474. The topological polar surface area (TPSA) is 18.5 Å². The van der Waals surface area contributed by atoms with Crippen LogP contribution in [0.25, 0.3) is 0 Å². The lowest BCUT2D eigenvalue weighted by Gasteiger charge is -2.17. The fourth-order valence-electron chi connectivity index (χ4n) is 2.26. The highest BCUT2D eigenvalue weighted by atomic mass is 16.7. The van der Waals surface area contributed by atoms with Crippen molar-refractivity contribution in [2.75, 3.05) is 13.2 Å². The molecule has 0 atom stereocenters. The molecule has 1 aliphatic heterocycles. The van der Waals surface area contributed by atoms with Crippen molar-refractivity contribution >= 4 is 0 Å². The number of ether oxygens (including phenoxy) is 2. The molecule has 2 nitrogen and oxygen atoms in total. The minimum Gasteiger partial charge on any atom is -0.344 e. The van der Waals surface area contributed by atoms with Crippen molar-refractivity contribution in [2.45, 2.75) is 45.3 Å². The van der Waals surface area contributed by atoms with Crippen LogP contribution in [0.1, 0.15) is 56.4 Å². The zero-order valence-electron chi connectivity index (χ0n) is 12.8. The van der Waals surface area contributed by atoms with E-state index < -0.39 is 0 Å². The first-order valence-electron chi connectivity index (χ1n) is 7.88. The highest BCUT2D eigenvalue weighted by Gasteiger charge is 2.15. The molecule has 21 heavy (non-hydrogen) atoms. The maximum atomic E-state index is 5.71. The lowest BCUT2D eigenvalue weighted by Crippen LogP contribution is -2.08. The first-order chi connectivity index (χ1) is 10.4. The third-order valence-electron chi connectivity index (χ3n) is 3.45. The van der Waals surface area contributed by atoms with Gasteiger partial charge in [-0.1, -0.05) is 68.4 Å². The van der Waals surface area contributed by atoms with E-state index in [9.17, 15) is 0 Å². The Morgan fingerprint density at radius 3 is 2.57 bits per heavy atom. The van der Waals surface area contributed by atoms with Gasteiger partial charge in [-0.05, 0) is 12.5 Å². The summed E-state index contributed by atoms with van der Waals surface area (Å²) in [6.45, 7) is 3.40. The molecule has 2 rings (SSSR count). The van der Waals surface area contributed by atoms with Crippen LogP contribution in [0, 0.1) is 11.8 Å². The van der Waals surface area contributed by atoms with Crippen LogP contribution >= 0.6 is 0 Å². The molecular weight excluding hydrogens is 260 g/mol. The van der Waals surface area contributed by atoms with E-state index in [1.807, 2.05) is 36.4 Å². The lowest BCUT2D eigenvalue weighted by atomic mass is 10.1. The minimum absolute atomic E-state index is 0.314. The molecule has 0 saturated carbocycles. The van der Waals surface area contributed by atoms with Gasteiger partial charge in [0, 0.05) is 17.5 Å². The van der Waals surface area contributed by atoms with E-state index in [1.54, 1.807) is 0 Å². The van der Waals surface area contributed by atoms with Gasteiger partial charge in [-0.3, -0.25) is 0 Å². The molecule has 1 aromatic rings. The molecule has 0 saturated heterocycles. The van der Waals surface area contributed by atoms with Gasteiger partial charge >= 0.3 is 0 Å². The summed E-state index contributed by atoms with van der Waals surface area (Å²) in [7, 11) is 0. The van der Waals surface area contributed by atoms with E-state index in [0.717, 1.165) is 17.5 Å². The van der Waals surface area contributed by atoms with Crippen molar-refractivity contribution in [2.24, 2.45) is 0 Å². The van der Waals surface area contributed by atoms with Gasteiger partial charge in [0.15, 0.2) is 6.29 Å². The summed E-state index contributed by atoms with van der Waals surface area (Å²) in [5.41, 5.74) is 2.04. The molecule has 0 aliphatic carbocycles. The number of unbranched alkanes of at least 4 members (excludes halogenated alkanes) is 4. The van der Waals surface area contributed by atoms with Crippen molar-refractivity contribution < 1.29 is 9.47 Å². The molecule has 0 aromatic heterocycles. The van der Waals surface area contributed by atoms with Crippen LogP contribution in [0.2, 0.25) is 0 Å². The van der Waals surface area contributed by atoms with Gasteiger partial charge < -0.3 is 9.47 Å². The predicted octanol–water partition coefficient (Wildman–Crippen LogP) is 4.61. The highest BCUT2D eigenvalue weighted by Crippen LogP contribution is 2.23. The van der Waals surface area contributed by atoms with Crippen LogP contribution in [0.15, 0.2) is 36.4 Å². The molecule has 0 amide bonds. The SMILES string of the molecule is CCCCCCC#Cc1ccccc1C1OCC=CCO1. The maximum absolute atomic E-state index is 5.71. The smallest absolute Gasteiger partial charge is 0.185 e. The Morgan fingerprint density at radius 1 is 1.05 bits per heavy atom. The van der Waals surface area contributed by atoms with Crippen molar-refractivity contribution in [1.82, 2.24) is 0 Å². The van der Waals surface area contributed by atoms with Crippen LogP contribution < -0.4 is 0 Å². The Bertz CT molecular complexity index is 498. The van der Waals surface area contributed by atoms with Gasteiger partial charge in [-0.2, -0.15) is 0 Å². The Hall–Kier alpha value is -1.56. The zero-order valence-corrected chi connectivity index (χ0v) is 12.8. The van der Waals surface area contributed by atoms with Gasteiger partial charge in [-0.15, -0.1) is 0 Å². The number of benzene rings is 1. The number of hydrogen-bond acceptors (Lipinski definition) is 2. The van der Waals surface area contributed by atoms with E-state index in [0.29, 0.717) is 13.2 Å². The van der Waals surface area contributed by atoms with Gasteiger partial charge in [0.05, 0.1) is 13.2 Å². The second-order valence-corrected chi connectivity index (χ2v) is 5.17. The molecule has 1 aliphatic rings. The molecule has 112 valence electrons. The quantitative estimate of drug-likeness (QED) is 0.446. The molecule has 0 fully saturated rings. The molecule has 1 aromatic carbocycles. The monoisotopic (exact) mass is 284 g/mol. The summed E-state index contributed by atoms with van der Waals surface area (Å²) in [6.07, 6.45) is 9.64. The van der Waals surface area contributed by atoms with Crippen LogP contribution in [-0.2, 0) is 9.47 Å². The van der Waals surface area contributed by atoms with Crippen molar-refractivity contribution in [3.8, 4) is 11.8 Å². The first kappa shape index (κ1) is 15.8. The van der Waals surface area contributed by atoms with Crippen LogP contribution in [0.4, 0.5) is 0 Å². The van der Waals surface area contributed by atoms with Gasteiger partial charge in [0.25, 0.3) is 0 Å². The third kappa shape index (κ3) is 5.38. The fourth-order valence-corrected chi connectivity index (χ4v) is 2.26. The standard InChI is InChI=1S/C19H24O2/c1-2-3-4-5-6-7-12-17-13-8-9-14-18(17)19-20-15-10-11-16-21-19/h8-11,13-14,19H,2-6,15-16H2,1H3.